The number of hydrogen-bond acceptors (Lipinski definition) is 2. The number of hydrogen-bond donors (Lipinski definition) is 1. The number of Topliss-reactive ketones (excluding diaryl/α,β-unsaturated/α-hetero) is 1. The molecule has 0 unspecified atom stereocenters. The van der Waals surface area contributed by atoms with Gasteiger partial charge in [-0.1, -0.05) is 25.1 Å². The van der Waals surface area contributed by atoms with Crippen LogP contribution in [-0.4, -0.2) is 11.7 Å². The zero-order valence-corrected chi connectivity index (χ0v) is 13.2. The number of carbonyl (C=O) groups is 2. The Balaban J connectivity index is 2.14. The van der Waals surface area contributed by atoms with E-state index in [1.807, 2.05) is 25.1 Å². The first-order valence-electron chi connectivity index (χ1n) is 7.39. The van der Waals surface area contributed by atoms with Crippen molar-refractivity contribution in [2.75, 3.05) is 5.32 Å². The number of para-hydroxylation sites is 1. The molecule has 0 fully saturated rings. The number of amides is 1. The highest BCUT2D eigenvalue weighted by atomic mass is 16.2. The van der Waals surface area contributed by atoms with Gasteiger partial charge in [0.1, 0.15) is 0 Å². The van der Waals surface area contributed by atoms with E-state index in [2.05, 4.69) is 12.2 Å². The van der Waals surface area contributed by atoms with E-state index in [-0.39, 0.29) is 18.2 Å². The zero-order valence-electron chi connectivity index (χ0n) is 13.2. The van der Waals surface area contributed by atoms with Gasteiger partial charge in [-0.25, -0.2) is 0 Å². The maximum absolute atomic E-state index is 12.3. The highest BCUT2D eigenvalue weighted by Gasteiger charge is 2.14. The SMILES string of the molecule is CCc1cccc(C)c1NC(=O)C[n+]1cccc(C(C)=O)c1. The van der Waals surface area contributed by atoms with Gasteiger partial charge in [-0.05, 0) is 37.5 Å². The van der Waals surface area contributed by atoms with Crippen LogP contribution in [0.5, 0.6) is 0 Å². The predicted molar refractivity (Wildman–Crippen MR) is 85.8 cm³/mol. The predicted octanol–water partition coefficient (Wildman–Crippen LogP) is 2.69. The van der Waals surface area contributed by atoms with Crippen LogP contribution >= 0.6 is 0 Å². The molecular weight excluding hydrogens is 276 g/mol. The number of pyridine rings is 1. The van der Waals surface area contributed by atoms with Gasteiger partial charge < -0.3 is 5.32 Å². The molecule has 0 aliphatic rings. The van der Waals surface area contributed by atoms with Crippen molar-refractivity contribution in [1.82, 2.24) is 0 Å². The average Bonchev–Trinajstić information content (AvgIpc) is 2.49. The molecule has 4 heteroatoms. The molecule has 1 aromatic heterocycles. The van der Waals surface area contributed by atoms with Gasteiger partial charge in [0.15, 0.2) is 18.2 Å². The molecule has 1 N–H and O–H groups in total. The van der Waals surface area contributed by atoms with Crippen molar-refractivity contribution in [1.29, 1.82) is 0 Å². The highest BCUT2D eigenvalue weighted by molar-refractivity contribution is 5.93. The first-order chi connectivity index (χ1) is 10.5. The minimum absolute atomic E-state index is 0.0121. The molecule has 0 aliphatic carbocycles. The number of nitrogens with zero attached hydrogens (tertiary/aromatic N) is 1. The number of carbonyl (C=O) groups excluding carboxylic acids is 2. The van der Waals surface area contributed by atoms with Crippen molar-refractivity contribution >= 4 is 17.4 Å². The molecular formula is C18H21N2O2+. The second-order valence-electron chi connectivity index (χ2n) is 5.33. The second-order valence-corrected chi connectivity index (χ2v) is 5.33. The maximum atomic E-state index is 12.3. The molecule has 114 valence electrons. The first-order valence-corrected chi connectivity index (χ1v) is 7.39. The van der Waals surface area contributed by atoms with Crippen molar-refractivity contribution in [3.63, 3.8) is 0 Å². The lowest BCUT2D eigenvalue weighted by Crippen LogP contribution is -2.40. The van der Waals surface area contributed by atoms with Gasteiger partial charge in [0.2, 0.25) is 6.54 Å². The molecule has 0 bridgehead atoms. The number of aryl methyl sites for hydroxylation is 2. The van der Waals surface area contributed by atoms with Crippen molar-refractivity contribution in [2.24, 2.45) is 0 Å². The van der Waals surface area contributed by atoms with E-state index in [9.17, 15) is 9.59 Å². The Labute approximate surface area is 130 Å². The maximum Gasteiger partial charge on any atom is 0.290 e. The van der Waals surface area contributed by atoms with Crippen LogP contribution in [0.25, 0.3) is 0 Å². The van der Waals surface area contributed by atoms with Gasteiger partial charge in [0.05, 0.1) is 5.56 Å². The summed E-state index contributed by atoms with van der Waals surface area (Å²) < 4.78 is 1.72. The Morgan fingerprint density at radius 1 is 1.18 bits per heavy atom. The van der Waals surface area contributed by atoms with Crippen LogP contribution < -0.4 is 9.88 Å². The second kappa shape index (κ2) is 6.98. The summed E-state index contributed by atoms with van der Waals surface area (Å²) in [7, 11) is 0. The molecule has 0 spiro atoms. The number of ketones is 1. The number of rotatable bonds is 5. The fourth-order valence-electron chi connectivity index (χ4n) is 2.38. The largest absolute Gasteiger partial charge is 0.320 e. The minimum Gasteiger partial charge on any atom is -0.320 e. The van der Waals surface area contributed by atoms with Crippen LogP contribution in [0.1, 0.15) is 35.3 Å². The van der Waals surface area contributed by atoms with E-state index in [1.165, 1.54) is 6.92 Å². The van der Waals surface area contributed by atoms with Gasteiger partial charge in [0.25, 0.3) is 5.91 Å². The van der Waals surface area contributed by atoms with Gasteiger partial charge in [-0.2, -0.15) is 4.57 Å². The van der Waals surface area contributed by atoms with Crippen molar-refractivity contribution in [3.8, 4) is 0 Å². The Bertz CT molecular complexity index is 708. The molecule has 1 amide bonds. The van der Waals surface area contributed by atoms with Crippen LogP contribution in [0, 0.1) is 6.92 Å². The standard InChI is InChI=1S/C18H20N2O2/c1-4-15-8-5-7-13(2)18(15)19-17(22)12-20-10-6-9-16(11-20)14(3)21/h5-11H,4,12H2,1-3H3/p+1. The first kappa shape index (κ1) is 15.9. The Morgan fingerprint density at radius 2 is 1.95 bits per heavy atom. The summed E-state index contributed by atoms with van der Waals surface area (Å²) in [5.41, 5.74) is 3.66. The van der Waals surface area contributed by atoms with Crippen LogP contribution in [0.2, 0.25) is 0 Å². The van der Waals surface area contributed by atoms with Gasteiger partial charge >= 0.3 is 0 Å². The molecule has 0 radical (unpaired) electrons. The summed E-state index contributed by atoms with van der Waals surface area (Å²) in [5, 5.41) is 2.98. The number of nitrogens with one attached hydrogen (secondary N) is 1. The molecule has 22 heavy (non-hydrogen) atoms. The highest BCUT2D eigenvalue weighted by Crippen LogP contribution is 2.20. The Morgan fingerprint density at radius 3 is 2.64 bits per heavy atom. The molecule has 1 aromatic carbocycles. The Hall–Kier alpha value is -2.49. The third-order valence-corrected chi connectivity index (χ3v) is 3.60. The molecule has 0 aliphatic heterocycles. The quantitative estimate of drug-likeness (QED) is 0.681. The molecule has 1 heterocycles. The van der Waals surface area contributed by atoms with Gasteiger partial charge in [-0.3, -0.25) is 9.59 Å². The summed E-state index contributed by atoms with van der Waals surface area (Å²) in [5.74, 6) is -0.114. The molecule has 4 nitrogen and oxygen atoms in total. The number of benzene rings is 1. The van der Waals surface area contributed by atoms with Gasteiger partial charge in [-0.15, -0.1) is 0 Å². The van der Waals surface area contributed by atoms with Crippen LogP contribution in [0.3, 0.4) is 0 Å². The lowest BCUT2D eigenvalue weighted by Gasteiger charge is -2.11. The summed E-state index contributed by atoms with van der Waals surface area (Å²) in [6, 6.07) is 9.52. The number of aromatic nitrogens is 1. The van der Waals surface area contributed by atoms with E-state index in [4.69, 9.17) is 0 Å². The van der Waals surface area contributed by atoms with Crippen molar-refractivity contribution in [3.05, 3.63) is 59.4 Å². The van der Waals surface area contributed by atoms with E-state index in [1.54, 1.807) is 29.1 Å². The molecule has 2 aromatic rings. The summed E-state index contributed by atoms with van der Waals surface area (Å²) in [6.45, 7) is 5.74. The van der Waals surface area contributed by atoms with E-state index in [0.29, 0.717) is 5.56 Å². The molecule has 2 rings (SSSR count). The summed E-state index contributed by atoms with van der Waals surface area (Å²) in [6.07, 6.45) is 4.34. The molecule has 0 saturated carbocycles. The van der Waals surface area contributed by atoms with E-state index < -0.39 is 0 Å². The lowest BCUT2D eigenvalue weighted by molar-refractivity contribution is -0.684. The van der Waals surface area contributed by atoms with E-state index >= 15 is 0 Å². The third kappa shape index (κ3) is 3.79. The summed E-state index contributed by atoms with van der Waals surface area (Å²) >= 11 is 0. The normalized spacial score (nSPS) is 10.3. The Kier molecular flexibility index (Phi) is 5.04. The topological polar surface area (TPSA) is 50.1 Å². The fourth-order valence-corrected chi connectivity index (χ4v) is 2.38. The summed E-state index contributed by atoms with van der Waals surface area (Å²) in [4.78, 5) is 23.7. The van der Waals surface area contributed by atoms with Crippen LogP contribution in [-0.2, 0) is 17.8 Å². The van der Waals surface area contributed by atoms with Crippen molar-refractivity contribution < 1.29 is 14.2 Å². The van der Waals surface area contributed by atoms with Crippen molar-refractivity contribution in [2.45, 2.75) is 33.7 Å². The number of anilines is 1. The molecule has 0 atom stereocenters. The lowest BCUT2D eigenvalue weighted by atomic mass is 10.1. The van der Waals surface area contributed by atoms with Crippen LogP contribution in [0.4, 0.5) is 5.69 Å². The molecule has 0 saturated heterocycles. The zero-order chi connectivity index (χ0) is 16.1. The third-order valence-electron chi connectivity index (χ3n) is 3.60. The van der Waals surface area contributed by atoms with E-state index in [0.717, 1.165) is 23.2 Å². The van der Waals surface area contributed by atoms with Gasteiger partial charge in [0, 0.05) is 11.8 Å². The smallest absolute Gasteiger partial charge is 0.290 e. The fraction of sp³-hybridized carbons (Fsp3) is 0.278. The van der Waals surface area contributed by atoms with Crippen LogP contribution in [0.15, 0.2) is 42.7 Å². The average molecular weight is 297 g/mol. The minimum atomic E-state index is -0.102. The monoisotopic (exact) mass is 297 g/mol.